The number of hydrogen-bond acceptors (Lipinski definition) is 2. The Hall–Kier alpha value is -1.90. The fourth-order valence-corrected chi connectivity index (χ4v) is 4.68. The van der Waals surface area contributed by atoms with E-state index in [4.69, 9.17) is 0 Å². The molecule has 0 spiro atoms. The summed E-state index contributed by atoms with van der Waals surface area (Å²) in [5, 5.41) is 0. The average Bonchev–Trinajstić information content (AvgIpc) is 3.06. The molecular weight excluding hydrogens is 262 g/mol. The van der Waals surface area contributed by atoms with Crippen LogP contribution in [0.15, 0.2) is 30.4 Å². The van der Waals surface area contributed by atoms with Crippen molar-refractivity contribution >= 4 is 17.5 Å². The topological polar surface area (TPSA) is 37.4 Å². The van der Waals surface area contributed by atoms with Gasteiger partial charge in [0.25, 0.3) is 0 Å². The Kier molecular flexibility index (Phi) is 2.35. The Morgan fingerprint density at radius 1 is 1.14 bits per heavy atom. The maximum atomic E-state index is 13.1. The van der Waals surface area contributed by atoms with Gasteiger partial charge in [0.1, 0.15) is 0 Å². The van der Waals surface area contributed by atoms with Gasteiger partial charge in [0.2, 0.25) is 11.8 Å². The third-order valence-corrected chi connectivity index (χ3v) is 5.77. The SMILES string of the molecule is Cc1cccc(C)c1N1C(=O)[C@H]2[C@@H]3C=C[C@@H](C3)[C@]2(C)C1=O. The van der Waals surface area contributed by atoms with Crippen molar-refractivity contribution in [1.82, 2.24) is 0 Å². The van der Waals surface area contributed by atoms with Crippen molar-refractivity contribution in [1.29, 1.82) is 0 Å². The number of allylic oxidation sites excluding steroid dienone is 2. The second kappa shape index (κ2) is 3.85. The van der Waals surface area contributed by atoms with Crippen LogP contribution in [0, 0.1) is 37.0 Å². The van der Waals surface area contributed by atoms with Crippen LogP contribution in [-0.4, -0.2) is 11.8 Å². The number of amides is 2. The van der Waals surface area contributed by atoms with Gasteiger partial charge in [-0.3, -0.25) is 9.59 Å². The predicted octanol–water partition coefficient (Wildman–Crippen LogP) is 3.01. The van der Waals surface area contributed by atoms with Crippen LogP contribution in [0.5, 0.6) is 0 Å². The monoisotopic (exact) mass is 281 g/mol. The number of benzene rings is 1. The van der Waals surface area contributed by atoms with Crippen molar-refractivity contribution < 1.29 is 9.59 Å². The molecule has 3 nitrogen and oxygen atoms in total. The molecular formula is C18H19NO2. The van der Waals surface area contributed by atoms with E-state index in [0.29, 0.717) is 0 Å². The zero-order chi connectivity index (χ0) is 14.9. The first-order chi connectivity index (χ1) is 9.96. The number of aryl methyl sites for hydroxylation is 2. The largest absolute Gasteiger partial charge is 0.274 e. The highest BCUT2D eigenvalue weighted by molar-refractivity contribution is 6.25. The molecule has 1 saturated heterocycles. The Labute approximate surface area is 124 Å². The van der Waals surface area contributed by atoms with Gasteiger partial charge < -0.3 is 0 Å². The molecule has 1 saturated carbocycles. The first-order valence-electron chi connectivity index (χ1n) is 7.59. The summed E-state index contributed by atoms with van der Waals surface area (Å²) in [6.45, 7) is 5.91. The number of carbonyl (C=O) groups is 2. The lowest BCUT2D eigenvalue weighted by molar-refractivity contribution is -0.127. The molecule has 3 heteroatoms. The summed E-state index contributed by atoms with van der Waals surface area (Å²) in [4.78, 5) is 27.5. The summed E-state index contributed by atoms with van der Waals surface area (Å²) in [6, 6.07) is 5.89. The fraction of sp³-hybridized carbons (Fsp3) is 0.444. The van der Waals surface area contributed by atoms with Crippen LogP contribution in [0.4, 0.5) is 5.69 Å². The van der Waals surface area contributed by atoms with Crippen LogP contribution < -0.4 is 4.90 Å². The number of fused-ring (bicyclic) bond motifs is 5. The zero-order valence-electron chi connectivity index (χ0n) is 12.6. The third kappa shape index (κ3) is 1.34. The molecule has 4 atom stereocenters. The molecule has 0 N–H and O–H groups in total. The quantitative estimate of drug-likeness (QED) is 0.586. The van der Waals surface area contributed by atoms with E-state index in [1.54, 1.807) is 0 Å². The number of para-hydroxylation sites is 1. The maximum Gasteiger partial charge on any atom is 0.241 e. The average molecular weight is 281 g/mol. The number of rotatable bonds is 1. The van der Waals surface area contributed by atoms with E-state index in [9.17, 15) is 9.59 Å². The minimum Gasteiger partial charge on any atom is -0.274 e. The minimum absolute atomic E-state index is 0.00301. The standard InChI is InChI=1S/C18H19NO2/c1-10-5-4-6-11(2)15(10)19-16(20)14-12-7-8-13(9-12)18(14,3)17(19)21/h4-8,12-14H,9H2,1-3H3/t12-,13+,14-,18+/m1/s1. The zero-order valence-corrected chi connectivity index (χ0v) is 12.6. The van der Waals surface area contributed by atoms with Crippen molar-refractivity contribution in [3.63, 3.8) is 0 Å². The molecule has 0 aromatic heterocycles. The van der Waals surface area contributed by atoms with E-state index in [1.165, 1.54) is 4.90 Å². The van der Waals surface area contributed by atoms with Crippen LogP contribution >= 0.6 is 0 Å². The van der Waals surface area contributed by atoms with Crippen LogP contribution in [0.25, 0.3) is 0 Å². The molecule has 4 rings (SSSR count). The lowest BCUT2D eigenvalue weighted by Crippen LogP contribution is -2.38. The van der Waals surface area contributed by atoms with Gasteiger partial charge in [0.15, 0.2) is 0 Å². The predicted molar refractivity (Wildman–Crippen MR) is 80.7 cm³/mol. The van der Waals surface area contributed by atoms with Gasteiger partial charge >= 0.3 is 0 Å². The molecule has 0 radical (unpaired) electrons. The first kappa shape index (κ1) is 12.8. The van der Waals surface area contributed by atoms with Crippen molar-refractivity contribution in [2.24, 2.45) is 23.2 Å². The number of anilines is 1. The van der Waals surface area contributed by atoms with Crippen molar-refractivity contribution in [2.45, 2.75) is 27.2 Å². The second-order valence-electron chi connectivity index (χ2n) is 6.87. The lowest BCUT2D eigenvalue weighted by Gasteiger charge is -2.28. The van der Waals surface area contributed by atoms with Crippen molar-refractivity contribution in [2.75, 3.05) is 4.90 Å². The van der Waals surface area contributed by atoms with Gasteiger partial charge in [0.05, 0.1) is 17.0 Å². The lowest BCUT2D eigenvalue weighted by atomic mass is 9.71. The number of carbonyl (C=O) groups excluding carboxylic acids is 2. The molecule has 3 aliphatic rings. The van der Waals surface area contributed by atoms with Gasteiger partial charge in [-0.15, -0.1) is 0 Å². The molecule has 1 aromatic carbocycles. The third-order valence-electron chi connectivity index (χ3n) is 5.77. The van der Waals surface area contributed by atoms with E-state index in [2.05, 4.69) is 12.2 Å². The second-order valence-corrected chi connectivity index (χ2v) is 6.87. The molecule has 108 valence electrons. The van der Waals surface area contributed by atoms with Gasteiger partial charge in [-0.1, -0.05) is 30.4 Å². The summed E-state index contributed by atoms with van der Waals surface area (Å²) in [6.07, 6.45) is 5.23. The molecule has 1 aliphatic heterocycles. The van der Waals surface area contributed by atoms with Crippen LogP contribution in [-0.2, 0) is 9.59 Å². The molecule has 2 aliphatic carbocycles. The Morgan fingerprint density at radius 3 is 2.43 bits per heavy atom. The summed E-state index contributed by atoms with van der Waals surface area (Å²) in [5.74, 6) is 0.284. The van der Waals surface area contributed by atoms with E-state index >= 15 is 0 Å². The smallest absolute Gasteiger partial charge is 0.241 e. The Balaban J connectivity index is 1.87. The molecule has 1 aromatic rings. The maximum absolute atomic E-state index is 13.1. The van der Waals surface area contributed by atoms with Gasteiger partial charge in [-0.2, -0.15) is 0 Å². The summed E-state index contributed by atoms with van der Waals surface area (Å²) >= 11 is 0. The van der Waals surface area contributed by atoms with E-state index in [0.717, 1.165) is 23.2 Å². The molecule has 2 amide bonds. The summed E-state index contributed by atoms with van der Waals surface area (Å²) in [5.41, 5.74) is 2.23. The Morgan fingerprint density at radius 2 is 1.81 bits per heavy atom. The highest BCUT2D eigenvalue weighted by Gasteiger charge is 2.67. The van der Waals surface area contributed by atoms with E-state index in [-0.39, 0.29) is 29.6 Å². The van der Waals surface area contributed by atoms with E-state index < -0.39 is 5.41 Å². The van der Waals surface area contributed by atoms with E-state index in [1.807, 2.05) is 39.0 Å². The Bertz CT molecular complexity index is 685. The molecule has 21 heavy (non-hydrogen) atoms. The number of hydrogen-bond donors (Lipinski definition) is 0. The summed E-state index contributed by atoms with van der Waals surface area (Å²) < 4.78 is 0. The highest BCUT2D eigenvalue weighted by atomic mass is 16.2. The van der Waals surface area contributed by atoms with Crippen LogP contribution in [0.2, 0.25) is 0 Å². The molecule has 0 unspecified atom stereocenters. The van der Waals surface area contributed by atoms with Crippen LogP contribution in [0.3, 0.4) is 0 Å². The van der Waals surface area contributed by atoms with Crippen LogP contribution in [0.1, 0.15) is 24.5 Å². The van der Waals surface area contributed by atoms with Crippen molar-refractivity contribution in [3.8, 4) is 0 Å². The molecule has 2 bridgehead atoms. The van der Waals surface area contributed by atoms with Gasteiger partial charge in [-0.05, 0) is 50.2 Å². The highest BCUT2D eigenvalue weighted by Crippen LogP contribution is 2.61. The van der Waals surface area contributed by atoms with Gasteiger partial charge in [0, 0.05) is 0 Å². The minimum atomic E-state index is -0.536. The number of nitrogens with zero attached hydrogens (tertiary/aromatic N) is 1. The normalized spacial score (nSPS) is 36.7. The van der Waals surface area contributed by atoms with Crippen molar-refractivity contribution in [3.05, 3.63) is 41.5 Å². The number of imide groups is 1. The summed E-state index contributed by atoms with van der Waals surface area (Å²) in [7, 11) is 0. The molecule has 1 heterocycles. The fourth-order valence-electron chi connectivity index (χ4n) is 4.68. The van der Waals surface area contributed by atoms with Gasteiger partial charge in [-0.25, -0.2) is 4.90 Å². The first-order valence-corrected chi connectivity index (χ1v) is 7.59. The molecule has 2 fully saturated rings.